The minimum atomic E-state index is -0.371. The number of nitrogens with one attached hydrogen (secondary N) is 1. The smallest absolute Gasteiger partial charge is 0.290 e. The summed E-state index contributed by atoms with van der Waals surface area (Å²) in [6.45, 7) is 1.72. The molecule has 0 saturated carbocycles. The molecule has 3 amide bonds. The van der Waals surface area contributed by atoms with Crippen LogP contribution in [-0.2, 0) is 16.0 Å². The van der Waals surface area contributed by atoms with Gasteiger partial charge in [-0.3, -0.25) is 19.7 Å². The maximum Gasteiger partial charge on any atom is 0.290 e. The second-order valence-corrected chi connectivity index (χ2v) is 7.82. The van der Waals surface area contributed by atoms with Crippen molar-refractivity contribution in [3.05, 3.63) is 40.5 Å². The minimum Gasteiger partial charge on any atom is -0.464 e. The minimum absolute atomic E-state index is 0.194. The van der Waals surface area contributed by atoms with Gasteiger partial charge in [0.1, 0.15) is 5.58 Å². The fourth-order valence-electron chi connectivity index (χ4n) is 3.50. The van der Waals surface area contributed by atoms with Crippen molar-refractivity contribution >= 4 is 45.9 Å². The van der Waals surface area contributed by atoms with Gasteiger partial charge in [0.2, 0.25) is 5.91 Å². The van der Waals surface area contributed by atoms with Gasteiger partial charge in [-0.25, -0.2) is 0 Å². The molecule has 1 aromatic heterocycles. The summed E-state index contributed by atoms with van der Waals surface area (Å²) in [5.74, 6) is -0.176. The van der Waals surface area contributed by atoms with Gasteiger partial charge in [0.25, 0.3) is 11.1 Å². The van der Waals surface area contributed by atoms with Gasteiger partial charge in [-0.15, -0.1) is 0 Å². The molecule has 0 atom stereocenters. The van der Waals surface area contributed by atoms with Crippen LogP contribution in [0, 0.1) is 0 Å². The lowest BCUT2D eigenvalue weighted by atomic mass is 10.0. The predicted molar refractivity (Wildman–Crippen MR) is 104 cm³/mol. The van der Waals surface area contributed by atoms with Gasteiger partial charge in [0.05, 0.1) is 11.2 Å². The summed E-state index contributed by atoms with van der Waals surface area (Å²) >= 11 is 0.898. The lowest BCUT2D eigenvalue weighted by Gasteiger charge is -2.26. The molecule has 6 nitrogen and oxygen atoms in total. The molecule has 7 heteroatoms. The first kappa shape index (κ1) is 17.9. The zero-order valence-electron chi connectivity index (χ0n) is 14.8. The van der Waals surface area contributed by atoms with Crippen molar-refractivity contribution in [2.75, 3.05) is 13.1 Å². The number of hydrogen-bond acceptors (Lipinski definition) is 5. The standard InChI is InChI=1S/C20H20N2O4S/c23-18(22-8-2-1-3-9-22)7-5-14-12-26-16-6-4-13(10-15(14)16)11-17-19(24)21-20(25)27-17/h4,6,10-12H,1-3,5,7-9H2,(H,21,24,25)/b17-11-. The van der Waals surface area contributed by atoms with E-state index in [2.05, 4.69) is 5.32 Å². The summed E-state index contributed by atoms with van der Waals surface area (Å²) in [4.78, 5) is 37.7. The quantitative estimate of drug-likeness (QED) is 0.813. The van der Waals surface area contributed by atoms with Crippen LogP contribution in [0.1, 0.15) is 36.8 Å². The van der Waals surface area contributed by atoms with Gasteiger partial charge in [-0.05, 0) is 66.8 Å². The number of benzene rings is 1. The maximum atomic E-state index is 12.4. The molecule has 1 aromatic carbocycles. The number of imide groups is 1. The van der Waals surface area contributed by atoms with E-state index in [1.54, 1.807) is 12.3 Å². The molecular weight excluding hydrogens is 364 g/mol. The number of nitrogens with zero attached hydrogens (tertiary/aromatic N) is 1. The number of aryl methyl sites for hydroxylation is 1. The van der Waals surface area contributed by atoms with E-state index >= 15 is 0 Å². The van der Waals surface area contributed by atoms with Crippen molar-refractivity contribution in [1.82, 2.24) is 10.2 Å². The van der Waals surface area contributed by atoms with Gasteiger partial charge in [-0.1, -0.05) is 6.07 Å². The Balaban J connectivity index is 1.50. The zero-order chi connectivity index (χ0) is 18.8. The van der Waals surface area contributed by atoms with Crippen LogP contribution in [0.4, 0.5) is 4.79 Å². The Hall–Kier alpha value is -2.54. The predicted octanol–water partition coefficient (Wildman–Crippen LogP) is 3.70. The van der Waals surface area contributed by atoms with Crippen molar-refractivity contribution in [2.45, 2.75) is 32.1 Å². The van der Waals surface area contributed by atoms with E-state index in [9.17, 15) is 14.4 Å². The van der Waals surface area contributed by atoms with Gasteiger partial charge in [0, 0.05) is 24.9 Å². The third-order valence-electron chi connectivity index (χ3n) is 4.93. The molecular formula is C20H20N2O4S. The Morgan fingerprint density at radius 3 is 2.78 bits per heavy atom. The van der Waals surface area contributed by atoms with Gasteiger partial charge < -0.3 is 9.32 Å². The molecule has 2 aliphatic heterocycles. The van der Waals surface area contributed by atoms with E-state index in [-0.39, 0.29) is 17.1 Å². The molecule has 0 spiro atoms. The first-order valence-electron chi connectivity index (χ1n) is 9.13. The molecule has 1 N–H and O–H groups in total. The van der Waals surface area contributed by atoms with E-state index in [1.165, 1.54) is 6.42 Å². The molecule has 0 radical (unpaired) electrons. The monoisotopic (exact) mass is 384 g/mol. The lowest BCUT2D eigenvalue weighted by molar-refractivity contribution is -0.132. The van der Waals surface area contributed by atoms with Crippen LogP contribution in [0.25, 0.3) is 17.0 Å². The van der Waals surface area contributed by atoms with Crippen LogP contribution in [0.5, 0.6) is 0 Å². The Morgan fingerprint density at radius 2 is 2.04 bits per heavy atom. The first-order valence-corrected chi connectivity index (χ1v) is 9.94. The van der Waals surface area contributed by atoms with Crippen molar-refractivity contribution in [3.8, 4) is 0 Å². The average Bonchev–Trinajstić information content (AvgIpc) is 3.22. The third kappa shape index (κ3) is 3.93. The number of thioether (sulfide) groups is 1. The highest BCUT2D eigenvalue weighted by molar-refractivity contribution is 8.18. The summed E-state index contributed by atoms with van der Waals surface area (Å²) in [6.07, 6.45) is 7.86. The summed E-state index contributed by atoms with van der Waals surface area (Å²) in [7, 11) is 0. The van der Waals surface area contributed by atoms with Crippen LogP contribution < -0.4 is 5.32 Å². The lowest BCUT2D eigenvalue weighted by Crippen LogP contribution is -2.35. The van der Waals surface area contributed by atoms with Crippen LogP contribution in [-0.4, -0.2) is 35.0 Å². The Kier molecular flexibility index (Phi) is 5.03. The molecule has 0 bridgehead atoms. The van der Waals surface area contributed by atoms with Gasteiger partial charge in [0.15, 0.2) is 0 Å². The van der Waals surface area contributed by atoms with E-state index < -0.39 is 0 Å². The first-order chi connectivity index (χ1) is 13.1. The molecule has 2 saturated heterocycles. The van der Waals surface area contributed by atoms with E-state index in [4.69, 9.17) is 4.42 Å². The molecule has 2 aliphatic rings. The maximum absolute atomic E-state index is 12.4. The number of fused-ring (bicyclic) bond motifs is 1. The normalized spacial score (nSPS) is 19.1. The number of furan rings is 1. The third-order valence-corrected chi connectivity index (χ3v) is 5.75. The SMILES string of the molecule is O=C1NC(=O)/C(=C/c2ccc3occ(CCC(=O)N4CCCCC4)c3c2)S1. The molecule has 0 unspecified atom stereocenters. The van der Waals surface area contributed by atoms with Crippen LogP contribution in [0.3, 0.4) is 0 Å². The number of amides is 3. The Labute approximate surface area is 161 Å². The van der Waals surface area contributed by atoms with Crippen LogP contribution in [0.15, 0.2) is 33.8 Å². The Morgan fingerprint density at radius 1 is 1.22 bits per heavy atom. The summed E-state index contributed by atoms with van der Waals surface area (Å²) in [5.41, 5.74) is 2.55. The van der Waals surface area contributed by atoms with E-state index in [1.807, 2.05) is 23.1 Å². The highest BCUT2D eigenvalue weighted by Crippen LogP contribution is 2.29. The molecule has 2 fully saturated rings. The largest absolute Gasteiger partial charge is 0.464 e. The van der Waals surface area contributed by atoms with Crippen molar-refractivity contribution in [2.24, 2.45) is 0 Å². The molecule has 0 aliphatic carbocycles. The number of carbonyl (C=O) groups is 3. The number of likely N-dealkylation sites (tertiary alicyclic amines) is 1. The number of hydrogen-bond donors (Lipinski definition) is 1. The second kappa shape index (κ2) is 7.60. The van der Waals surface area contributed by atoms with Crippen molar-refractivity contribution < 1.29 is 18.8 Å². The molecule has 3 heterocycles. The van der Waals surface area contributed by atoms with Crippen LogP contribution in [0.2, 0.25) is 0 Å². The summed E-state index contributed by atoms with van der Waals surface area (Å²) in [5, 5.41) is 2.83. The number of rotatable bonds is 4. The molecule has 2 aromatic rings. The fraction of sp³-hybridized carbons (Fsp3) is 0.350. The van der Waals surface area contributed by atoms with E-state index in [0.29, 0.717) is 17.7 Å². The molecule has 140 valence electrons. The summed E-state index contributed by atoms with van der Waals surface area (Å²) < 4.78 is 5.61. The highest BCUT2D eigenvalue weighted by Gasteiger charge is 2.25. The molecule has 27 heavy (non-hydrogen) atoms. The van der Waals surface area contributed by atoms with Gasteiger partial charge >= 0.3 is 0 Å². The van der Waals surface area contributed by atoms with E-state index in [0.717, 1.165) is 59.8 Å². The average molecular weight is 384 g/mol. The van der Waals surface area contributed by atoms with Crippen molar-refractivity contribution in [1.29, 1.82) is 0 Å². The van der Waals surface area contributed by atoms with Crippen molar-refractivity contribution in [3.63, 3.8) is 0 Å². The van der Waals surface area contributed by atoms with Gasteiger partial charge in [-0.2, -0.15) is 0 Å². The second-order valence-electron chi connectivity index (χ2n) is 6.81. The fourth-order valence-corrected chi connectivity index (χ4v) is 4.18. The topological polar surface area (TPSA) is 79.6 Å². The zero-order valence-corrected chi connectivity index (χ0v) is 15.6. The highest BCUT2D eigenvalue weighted by atomic mass is 32.2. The Bertz CT molecular complexity index is 941. The molecule has 4 rings (SSSR count). The summed E-state index contributed by atoms with van der Waals surface area (Å²) in [6, 6.07) is 5.62. The number of piperidine rings is 1. The van der Waals surface area contributed by atoms with Crippen LogP contribution >= 0.6 is 11.8 Å². The number of carbonyl (C=O) groups excluding carboxylic acids is 3.